The van der Waals surface area contributed by atoms with Gasteiger partial charge in [0.2, 0.25) is 5.91 Å². The van der Waals surface area contributed by atoms with Crippen LogP contribution < -0.4 is 0 Å². The van der Waals surface area contributed by atoms with Gasteiger partial charge >= 0.3 is 0 Å². The predicted molar refractivity (Wildman–Crippen MR) is 125 cm³/mol. The highest BCUT2D eigenvalue weighted by molar-refractivity contribution is 6.42. The van der Waals surface area contributed by atoms with Crippen LogP contribution in [0.5, 0.6) is 0 Å². The first-order chi connectivity index (χ1) is 15.0. The van der Waals surface area contributed by atoms with Gasteiger partial charge in [0.25, 0.3) is 0 Å². The van der Waals surface area contributed by atoms with Crippen molar-refractivity contribution in [2.45, 2.75) is 57.5 Å². The molecule has 5 nitrogen and oxygen atoms in total. The third kappa shape index (κ3) is 3.69. The van der Waals surface area contributed by atoms with E-state index in [2.05, 4.69) is 10.00 Å². The zero-order chi connectivity index (χ0) is 21.7. The molecule has 4 unspecified atom stereocenters. The van der Waals surface area contributed by atoms with Gasteiger partial charge in [0.1, 0.15) is 10.9 Å². The number of rotatable bonds is 2. The lowest BCUT2D eigenvalue weighted by Crippen LogP contribution is -2.54. The average molecular weight is 480 g/mol. The number of carbonyl (C=O) groups excluding carboxylic acids is 1. The monoisotopic (exact) mass is 478 g/mol. The van der Waals surface area contributed by atoms with Gasteiger partial charge < -0.3 is 4.90 Å². The Morgan fingerprint density at radius 2 is 1.81 bits per heavy atom. The summed E-state index contributed by atoms with van der Waals surface area (Å²) in [4.78, 5) is 20.9. The van der Waals surface area contributed by atoms with E-state index in [1.165, 1.54) is 25.7 Å². The van der Waals surface area contributed by atoms with E-state index in [1.807, 2.05) is 19.1 Å². The van der Waals surface area contributed by atoms with Crippen LogP contribution in [0.2, 0.25) is 15.1 Å². The standard InChI is InChI=1S/C23H25Cl3N4O/c1-13-20(23(31)29-10-4-6-14-5-2-3-7-19(14)29)21(15-8-9-16(24)17(25)11-15)30-22(28-13)18(26)12-27-30/h8-9,11-12,14,19-21H,2-7,10H2,1H3. The number of benzene rings is 1. The van der Waals surface area contributed by atoms with Crippen LogP contribution in [0.1, 0.15) is 57.1 Å². The van der Waals surface area contributed by atoms with Crippen LogP contribution in [0.15, 0.2) is 29.4 Å². The molecule has 1 saturated heterocycles. The molecule has 1 aromatic carbocycles. The fraction of sp³-hybridized carbons (Fsp3) is 0.522. The van der Waals surface area contributed by atoms with Gasteiger partial charge in [-0.15, -0.1) is 0 Å². The Morgan fingerprint density at radius 3 is 2.61 bits per heavy atom. The first-order valence-corrected chi connectivity index (χ1v) is 12.1. The Labute approximate surface area is 197 Å². The SMILES string of the molecule is CC1=Nc2c(Cl)cnn2C(c2ccc(Cl)c(Cl)c2)C1C(=O)N1CCCC2CCCCC21. The summed E-state index contributed by atoms with van der Waals surface area (Å²) in [6.07, 6.45) is 8.65. The van der Waals surface area contributed by atoms with Gasteiger partial charge in [-0.1, -0.05) is 53.7 Å². The fourth-order valence-electron chi connectivity index (χ4n) is 5.67. The van der Waals surface area contributed by atoms with Gasteiger partial charge in [-0.05, 0) is 56.2 Å². The predicted octanol–water partition coefficient (Wildman–Crippen LogP) is 6.34. The van der Waals surface area contributed by atoms with Crippen LogP contribution in [0.25, 0.3) is 0 Å². The summed E-state index contributed by atoms with van der Waals surface area (Å²) >= 11 is 18.9. The van der Waals surface area contributed by atoms with Crippen LogP contribution in [-0.2, 0) is 4.79 Å². The highest BCUT2D eigenvalue weighted by atomic mass is 35.5. The minimum atomic E-state index is -0.457. The largest absolute Gasteiger partial charge is 0.339 e. The molecule has 5 rings (SSSR count). The van der Waals surface area contributed by atoms with Crippen LogP contribution in [-0.4, -0.2) is 38.9 Å². The molecule has 0 spiro atoms. The number of carbonyl (C=O) groups is 1. The zero-order valence-electron chi connectivity index (χ0n) is 17.4. The number of halogens is 3. The molecule has 0 radical (unpaired) electrons. The number of amides is 1. The van der Waals surface area contributed by atoms with Crippen molar-refractivity contribution in [2.75, 3.05) is 6.54 Å². The molecular formula is C23H25Cl3N4O. The van der Waals surface area contributed by atoms with Crippen LogP contribution in [0.3, 0.4) is 0 Å². The van der Waals surface area contributed by atoms with Gasteiger partial charge in [-0.25, -0.2) is 9.67 Å². The van der Waals surface area contributed by atoms with E-state index in [0.29, 0.717) is 32.8 Å². The lowest BCUT2D eigenvalue weighted by atomic mass is 9.77. The summed E-state index contributed by atoms with van der Waals surface area (Å²) < 4.78 is 1.76. The summed E-state index contributed by atoms with van der Waals surface area (Å²) in [6, 6.07) is 5.47. The number of hydrogen-bond acceptors (Lipinski definition) is 3. The second-order valence-corrected chi connectivity index (χ2v) is 10.1. The van der Waals surface area contributed by atoms with Crippen molar-refractivity contribution in [3.8, 4) is 0 Å². The minimum Gasteiger partial charge on any atom is -0.339 e. The maximum atomic E-state index is 14.1. The van der Waals surface area contributed by atoms with Gasteiger partial charge in [0.05, 0.1) is 22.3 Å². The van der Waals surface area contributed by atoms with E-state index < -0.39 is 5.92 Å². The van der Waals surface area contributed by atoms with Crippen molar-refractivity contribution < 1.29 is 4.79 Å². The number of likely N-dealkylation sites (tertiary alicyclic amines) is 1. The van der Waals surface area contributed by atoms with E-state index in [1.54, 1.807) is 16.9 Å². The molecule has 1 aromatic heterocycles. The Bertz CT molecular complexity index is 1050. The Hall–Kier alpha value is -1.56. The first-order valence-electron chi connectivity index (χ1n) is 11.0. The fourth-order valence-corrected chi connectivity index (χ4v) is 6.15. The van der Waals surface area contributed by atoms with Crippen molar-refractivity contribution in [3.05, 3.63) is 45.0 Å². The molecule has 3 heterocycles. The Morgan fingerprint density at radius 1 is 1.03 bits per heavy atom. The van der Waals surface area contributed by atoms with Crippen molar-refractivity contribution in [3.63, 3.8) is 0 Å². The Kier molecular flexibility index (Phi) is 5.78. The maximum absolute atomic E-state index is 14.1. The summed E-state index contributed by atoms with van der Waals surface area (Å²) in [5.74, 6) is 0.867. The minimum absolute atomic E-state index is 0.131. The molecule has 0 N–H and O–H groups in total. The highest BCUT2D eigenvalue weighted by Gasteiger charge is 2.44. The highest BCUT2D eigenvalue weighted by Crippen LogP contribution is 2.43. The normalized spacial score (nSPS) is 28.0. The van der Waals surface area contributed by atoms with Crippen molar-refractivity contribution in [2.24, 2.45) is 16.8 Å². The number of aliphatic imine (C=N–C) groups is 1. The van der Waals surface area contributed by atoms with Gasteiger partial charge in [0.15, 0.2) is 5.82 Å². The number of fused-ring (bicyclic) bond motifs is 2. The molecule has 1 saturated carbocycles. The number of hydrogen-bond donors (Lipinski definition) is 0. The molecule has 164 valence electrons. The molecule has 1 amide bonds. The average Bonchev–Trinajstić information content (AvgIpc) is 3.14. The molecular weight excluding hydrogens is 455 g/mol. The lowest BCUT2D eigenvalue weighted by molar-refractivity contribution is -0.140. The molecule has 8 heteroatoms. The van der Waals surface area contributed by atoms with Gasteiger partial charge in [-0.2, -0.15) is 5.10 Å². The third-order valence-electron chi connectivity index (χ3n) is 7.12. The molecule has 0 bridgehead atoms. The smallest absolute Gasteiger partial charge is 0.234 e. The van der Waals surface area contributed by atoms with Crippen molar-refractivity contribution in [1.29, 1.82) is 0 Å². The number of piperidine rings is 1. The third-order valence-corrected chi connectivity index (χ3v) is 8.12. The molecule has 31 heavy (non-hydrogen) atoms. The molecule has 2 fully saturated rings. The number of nitrogens with zero attached hydrogens (tertiary/aromatic N) is 4. The second kappa shape index (κ2) is 8.42. The quantitative estimate of drug-likeness (QED) is 0.505. The van der Waals surface area contributed by atoms with Crippen molar-refractivity contribution >= 4 is 52.2 Å². The van der Waals surface area contributed by atoms with Crippen LogP contribution in [0.4, 0.5) is 5.82 Å². The first kappa shape index (κ1) is 21.3. The summed E-state index contributed by atoms with van der Waals surface area (Å²) in [5, 5.41) is 5.90. The molecule has 4 atom stereocenters. The van der Waals surface area contributed by atoms with Crippen LogP contribution >= 0.6 is 34.8 Å². The van der Waals surface area contributed by atoms with E-state index in [-0.39, 0.29) is 11.9 Å². The van der Waals surface area contributed by atoms with E-state index in [0.717, 1.165) is 30.7 Å². The molecule has 3 aliphatic rings. The molecule has 1 aliphatic carbocycles. The zero-order valence-corrected chi connectivity index (χ0v) is 19.7. The lowest BCUT2D eigenvalue weighted by Gasteiger charge is -2.46. The van der Waals surface area contributed by atoms with Gasteiger partial charge in [0, 0.05) is 18.3 Å². The Balaban J connectivity index is 1.58. The summed E-state index contributed by atoms with van der Waals surface area (Å²) in [7, 11) is 0. The summed E-state index contributed by atoms with van der Waals surface area (Å²) in [6.45, 7) is 2.73. The second-order valence-electron chi connectivity index (χ2n) is 8.90. The van der Waals surface area contributed by atoms with E-state index in [4.69, 9.17) is 39.8 Å². The van der Waals surface area contributed by atoms with E-state index in [9.17, 15) is 4.79 Å². The summed E-state index contributed by atoms with van der Waals surface area (Å²) in [5.41, 5.74) is 1.63. The molecule has 2 aliphatic heterocycles. The maximum Gasteiger partial charge on any atom is 0.234 e. The number of aromatic nitrogens is 2. The topological polar surface area (TPSA) is 50.5 Å². The van der Waals surface area contributed by atoms with E-state index >= 15 is 0 Å². The van der Waals surface area contributed by atoms with Gasteiger partial charge in [-0.3, -0.25) is 4.79 Å². The van der Waals surface area contributed by atoms with Crippen molar-refractivity contribution in [1.82, 2.24) is 14.7 Å². The molecule has 2 aromatic rings. The van der Waals surface area contributed by atoms with Crippen LogP contribution in [0, 0.1) is 11.8 Å².